The van der Waals surface area contributed by atoms with Crippen molar-refractivity contribution in [3.8, 4) is 5.75 Å². The van der Waals surface area contributed by atoms with Crippen molar-refractivity contribution >= 4 is 15.9 Å². The predicted octanol–water partition coefficient (Wildman–Crippen LogP) is 4.05. The standard InChI is InChI=1S/C14H19BrO/c1-14(2)9-11(14)12(15)8-10-6-4-5-7-13(10)16-3/h4-7,11-12H,8-9H2,1-3H3. The molecule has 1 aromatic rings. The van der Waals surface area contributed by atoms with Crippen molar-refractivity contribution in [1.82, 2.24) is 0 Å². The summed E-state index contributed by atoms with van der Waals surface area (Å²) < 4.78 is 5.38. The molecular weight excluding hydrogens is 264 g/mol. The molecule has 0 heterocycles. The van der Waals surface area contributed by atoms with Crippen LogP contribution in [0.4, 0.5) is 0 Å². The number of halogens is 1. The van der Waals surface area contributed by atoms with Crippen LogP contribution in [0.1, 0.15) is 25.8 Å². The number of ether oxygens (including phenoxy) is 1. The highest BCUT2D eigenvalue weighted by Gasteiger charge is 2.49. The second-order valence-corrected chi connectivity index (χ2v) is 6.51. The molecule has 88 valence electrons. The minimum atomic E-state index is 0.524. The first-order chi connectivity index (χ1) is 7.54. The van der Waals surface area contributed by atoms with Gasteiger partial charge in [-0.05, 0) is 35.8 Å². The number of hydrogen-bond acceptors (Lipinski definition) is 1. The zero-order valence-corrected chi connectivity index (χ0v) is 11.8. The summed E-state index contributed by atoms with van der Waals surface area (Å²) in [6.07, 6.45) is 2.39. The normalized spacial score (nSPS) is 23.9. The van der Waals surface area contributed by atoms with E-state index in [4.69, 9.17) is 4.74 Å². The Balaban J connectivity index is 2.04. The van der Waals surface area contributed by atoms with Crippen LogP contribution in [-0.2, 0) is 6.42 Å². The fraction of sp³-hybridized carbons (Fsp3) is 0.571. The molecule has 0 saturated heterocycles. The molecule has 1 nitrogen and oxygen atoms in total. The number of para-hydroxylation sites is 1. The summed E-state index contributed by atoms with van der Waals surface area (Å²) in [6, 6.07) is 8.29. The lowest BCUT2D eigenvalue weighted by Crippen LogP contribution is -2.10. The van der Waals surface area contributed by atoms with E-state index in [1.807, 2.05) is 12.1 Å². The van der Waals surface area contributed by atoms with Crippen LogP contribution < -0.4 is 4.74 Å². The van der Waals surface area contributed by atoms with Crippen LogP contribution in [0.2, 0.25) is 0 Å². The van der Waals surface area contributed by atoms with Crippen LogP contribution in [0.5, 0.6) is 5.75 Å². The highest BCUT2D eigenvalue weighted by atomic mass is 79.9. The van der Waals surface area contributed by atoms with Gasteiger partial charge < -0.3 is 4.74 Å². The number of benzene rings is 1. The molecule has 0 N–H and O–H groups in total. The van der Waals surface area contributed by atoms with Crippen LogP contribution in [-0.4, -0.2) is 11.9 Å². The Labute approximate surface area is 106 Å². The molecule has 1 aromatic carbocycles. The summed E-state index contributed by atoms with van der Waals surface area (Å²) in [5, 5.41) is 0. The lowest BCUT2D eigenvalue weighted by Gasteiger charge is -2.14. The molecule has 1 fully saturated rings. The van der Waals surface area contributed by atoms with Crippen molar-refractivity contribution in [2.75, 3.05) is 7.11 Å². The van der Waals surface area contributed by atoms with E-state index in [2.05, 4.69) is 41.9 Å². The van der Waals surface area contributed by atoms with E-state index in [0.29, 0.717) is 10.2 Å². The molecule has 1 saturated carbocycles. The van der Waals surface area contributed by atoms with Crippen LogP contribution >= 0.6 is 15.9 Å². The van der Waals surface area contributed by atoms with Gasteiger partial charge in [-0.1, -0.05) is 48.0 Å². The van der Waals surface area contributed by atoms with Crippen molar-refractivity contribution in [3.63, 3.8) is 0 Å². The molecule has 0 spiro atoms. The largest absolute Gasteiger partial charge is 0.496 e. The van der Waals surface area contributed by atoms with E-state index in [-0.39, 0.29) is 0 Å². The van der Waals surface area contributed by atoms with Gasteiger partial charge in [-0.15, -0.1) is 0 Å². The summed E-state index contributed by atoms with van der Waals surface area (Å²) in [4.78, 5) is 0.568. The van der Waals surface area contributed by atoms with Gasteiger partial charge in [-0.25, -0.2) is 0 Å². The molecule has 2 rings (SSSR count). The number of hydrogen-bond donors (Lipinski definition) is 0. The third-order valence-corrected chi connectivity index (χ3v) is 4.60. The topological polar surface area (TPSA) is 9.23 Å². The molecule has 1 aliphatic carbocycles. The quantitative estimate of drug-likeness (QED) is 0.757. The zero-order chi connectivity index (χ0) is 11.8. The minimum absolute atomic E-state index is 0.524. The SMILES string of the molecule is COc1ccccc1CC(Br)C1CC1(C)C. The smallest absolute Gasteiger partial charge is 0.122 e. The molecule has 2 heteroatoms. The molecule has 16 heavy (non-hydrogen) atoms. The molecule has 2 atom stereocenters. The monoisotopic (exact) mass is 282 g/mol. The van der Waals surface area contributed by atoms with E-state index >= 15 is 0 Å². The van der Waals surface area contributed by atoms with Gasteiger partial charge in [0, 0.05) is 4.83 Å². The predicted molar refractivity (Wildman–Crippen MR) is 71.3 cm³/mol. The van der Waals surface area contributed by atoms with Crippen molar-refractivity contribution in [3.05, 3.63) is 29.8 Å². The number of rotatable bonds is 4. The van der Waals surface area contributed by atoms with Crippen molar-refractivity contribution in [2.45, 2.75) is 31.5 Å². The van der Waals surface area contributed by atoms with Gasteiger partial charge in [0.15, 0.2) is 0 Å². The summed E-state index contributed by atoms with van der Waals surface area (Å²) >= 11 is 3.82. The summed E-state index contributed by atoms with van der Waals surface area (Å²) in [5.41, 5.74) is 1.82. The van der Waals surface area contributed by atoms with Gasteiger partial charge in [-0.2, -0.15) is 0 Å². The average Bonchev–Trinajstić information content (AvgIpc) is 2.89. The lowest BCUT2D eigenvalue weighted by molar-refractivity contribution is 0.408. The molecule has 0 aromatic heterocycles. The summed E-state index contributed by atoms with van der Waals surface area (Å²) in [7, 11) is 1.74. The molecule has 0 amide bonds. The Hall–Kier alpha value is -0.500. The van der Waals surface area contributed by atoms with Crippen molar-refractivity contribution in [1.29, 1.82) is 0 Å². The van der Waals surface area contributed by atoms with E-state index < -0.39 is 0 Å². The lowest BCUT2D eigenvalue weighted by atomic mass is 10.0. The first kappa shape index (κ1) is 12.0. The van der Waals surface area contributed by atoms with Gasteiger partial charge in [0.25, 0.3) is 0 Å². The molecule has 2 unspecified atom stereocenters. The number of alkyl halides is 1. The Morgan fingerprint density at radius 1 is 1.44 bits per heavy atom. The molecule has 0 radical (unpaired) electrons. The maximum Gasteiger partial charge on any atom is 0.122 e. The first-order valence-electron chi connectivity index (χ1n) is 5.80. The maximum absolute atomic E-state index is 5.38. The van der Waals surface area contributed by atoms with Gasteiger partial charge in [-0.3, -0.25) is 0 Å². The summed E-state index contributed by atoms with van der Waals surface area (Å²) in [6.45, 7) is 4.68. The first-order valence-corrected chi connectivity index (χ1v) is 6.72. The Morgan fingerprint density at radius 3 is 2.62 bits per heavy atom. The number of methoxy groups -OCH3 is 1. The second kappa shape index (κ2) is 4.40. The molecule has 1 aliphatic rings. The van der Waals surface area contributed by atoms with E-state index in [0.717, 1.165) is 18.1 Å². The molecular formula is C14H19BrO. The third-order valence-electron chi connectivity index (χ3n) is 3.63. The Kier molecular flexibility index (Phi) is 3.29. The average molecular weight is 283 g/mol. The van der Waals surface area contributed by atoms with Crippen molar-refractivity contribution < 1.29 is 4.74 Å². The van der Waals surface area contributed by atoms with Crippen LogP contribution in [0.15, 0.2) is 24.3 Å². The van der Waals surface area contributed by atoms with Crippen LogP contribution in [0, 0.1) is 11.3 Å². The highest BCUT2D eigenvalue weighted by Crippen LogP contribution is 2.56. The zero-order valence-electron chi connectivity index (χ0n) is 10.2. The molecule has 0 bridgehead atoms. The van der Waals surface area contributed by atoms with E-state index in [1.165, 1.54) is 12.0 Å². The second-order valence-electron chi connectivity index (χ2n) is 5.33. The Bertz CT molecular complexity index is 373. The fourth-order valence-electron chi connectivity index (χ4n) is 2.35. The minimum Gasteiger partial charge on any atom is -0.496 e. The van der Waals surface area contributed by atoms with E-state index in [1.54, 1.807) is 7.11 Å². The van der Waals surface area contributed by atoms with Gasteiger partial charge in [0.2, 0.25) is 0 Å². The maximum atomic E-state index is 5.38. The van der Waals surface area contributed by atoms with Crippen LogP contribution in [0.3, 0.4) is 0 Å². The fourth-order valence-corrected chi connectivity index (χ4v) is 3.60. The molecule has 0 aliphatic heterocycles. The van der Waals surface area contributed by atoms with E-state index in [9.17, 15) is 0 Å². The van der Waals surface area contributed by atoms with Gasteiger partial charge in [0.05, 0.1) is 7.11 Å². The van der Waals surface area contributed by atoms with Gasteiger partial charge >= 0.3 is 0 Å². The Morgan fingerprint density at radius 2 is 2.06 bits per heavy atom. The summed E-state index contributed by atoms with van der Waals surface area (Å²) in [5.74, 6) is 1.81. The highest BCUT2D eigenvalue weighted by molar-refractivity contribution is 9.09. The third kappa shape index (κ3) is 2.42. The van der Waals surface area contributed by atoms with Gasteiger partial charge in [0.1, 0.15) is 5.75 Å². The van der Waals surface area contributed by atoms with Crippen molar-refractivity contribution in [2.24, 2.45) is 11.3 Å². The van der Waals surface area contributed by atoms with Crippen LogP contribution in [0.25, 0.3) is 0 Å².